The minimum Gasteiger partial charge on any atom is -0.338 e. The number of anilines is 1. The SMILES string of the molecule is Cc1cc(NC(=O)CN2CCCC2Cn2nc(C)cc2C)on1. The van der Waals surface area contributed by atoms with Gasteiger partial charge in [0.25, 0.3) is 0 Å². The van der Waals surface area contributed by atoms with Gasteiger partial charge in [-0.2, -0.15) is 5.10 Å². The molecule has 1 unspecified atom stereocenters. The van der Waals surface area contributed by atoms with Crippen molar-refractivity contribution in [1.29, 1.82) is 0 Å². The predicted octanol–water partition coefficient (Wildman–Crippen LogP) is 1.90. The van der Waals surface area contributed by atoms with Gasteiger partial charge in [-0.1, -0.05) is 5.16 Å². The molecular weight excluding hydrogens is 294 g/mol. The van der Waals surface area contributed by atoms with Crippen LogP contribution in [0.15, 0.2) is 16.7 Å². The van der Waals surface area contributed by atoms with Crippen LogP contribution in [0.2, 0.25) is 0 Å². The molecule has 3 heterocycles. The smallest absolute Gasteiger partial charge is 0.240 e. The molecule has 0 spiro atoms. The molecule has 0 bridgehead atoms. The summed E-state index contributed by atoms with van der Waals surface area (Å²) < 4.78 is 7.06. The van der Waals surface area contributed by atoms with Crippen molar-refractivity contribution >= 4 is 11.8 Å². The van der Waals surface area contributed by atoms with Gasteiger partial charge in [-0.15, -0.1) is 0 Å². The second kappa shape index (κ2) is 6.54. The second-order valence-electron chi connectivity index (χ2n) is 6.26. The predicted molar refractivity (Wildman–Crippen MR) is 86.2 cm³/mol. The minimum absolute atomic E-state index is 0.0681. The number of aromatic nitrogens is 3. The van der Waals surface area contributed by atoms with Gasteiger partial charge in [0.15, 0.2) is 0 Å². The van der Waals surface area contributed by atoms with Crippen LogP contribution in [0.5, 0.6) is 0 Å². The standard InChI is InChI=1S/C16H23N5O2/c1-11-7-13(3)21(18-11)9-14-5-4-6-20(14)10-15(22)17-16-8-12(2)19-23-16/h7-8,14H,4-6,9-10H2,1-3H3,(H,17,22). The fourth-order valence-corrected chi connectivity index (χ4v) is 3.15. The Kier molecular flexibility index (Phi) is 4.47. The zero-order valence-corrected chi connectivity index (χ0v) is 13.9. The van der Waals surface area contributed by atoms with Crippen molar-refractivity contribution in [2.45, 2.75) is 46.2 Å². The van der Waals surface area contributed by atoms with Crippen molar-refractivity contribution in [1.82, 2.24) is 19.8 Å². The highest BCUT2D eigenvalue weighted by molar-refractivity contribution is 5.91. The van der Waals surface area contributed by atoms with Crippen LogP contribution in [0, 0.1) is 20.8 Å². The Morgan fingerprint density at radius 2 is 2.17 bits per heavy atom. The molecule has 2 aromatic rings. The Bertz CT molecular complexity index is 690. The largest absolute Gasteiger partial charge is 0.338 e. The molecule has 124 valence electrons. The molecule has 1 N–H and O–H groups in total. The molecule has 7 heteroatoms. The third-order valence-corrected chi connectivity index (χ3v) is 4.22. The van der Waals surface area contributed by atoms with Crippen LogP contribution in [-0.2, 0) is 11.3 Å². The third kappa shape index (κ3) is 3.79. The summed E-state index contributed by atoms with van der Waals surface area (Å²) in [5.74, 6) is 0.336. The van der Waals surface area contributed by atoms with Crippen molar-refractivity contribution in [3.8, 4) is 0 Å². The van der Waals surface area contributed by atoms with Crippen molar-refractivity contribution in [3.63, 3.8) is 0 Å². The molecule has 2 aromatic heterocycles. The summed E-state index contributed by atoms with van der Waals surface area (Å²) >= 11 is 0. The van der Waals surface area contributed by atoms with Gasteiger partial charge in [-0.05, 0) is 46.2 Å². The second-order valence-corrected chi connectivity index (χ2v) is 6.26. The van der Waals surface area contributed by atoms with Crippen molar-refractivity contribution in [3.05, 3.63) is 29.2 Å². The van der Waals surface area contributed by atoms with Gasteiger partial charge in [-0.3, -0.25) is 19.7 Å². The lowest BCUT2D eigenvalue weighted by atomic mass is 10.2. The van der Waals surface area contributed by atoms with Crippen LogP contribution in [0.4, 0.5) is 5.88 Å². The van der Waals surface area contributed by atoms with Crippen molar-refractivity contribution in [2.24, 2.45) is 0 Å². The van der Waals surface area contributed by atoms with E-state index in [1.54, 1.807) is 6.07 Å². The summed E-state index contributed by atoms with van der Waals surface area (Å²) in [6, 6.07) is 4.14. The van der Waals surface area contributed by atoms with E-state index in [0.717, 1.165) is 43.0 Å². The third-order valence-electron chi connectivity index (χ3n) is 4.22. The van der Waals surface area contributed by atoms with Crippen LogP contribution >= 0.6 is 0 Å². The van der Waals surface area contributed by atoms with Gasteiger partial charge in [-0.25, -0.2) is 0 Å². The van der Waals surface area contributed by atoms with Crippen LogP contribution in [0.1, 0.15) is 29.9 Å². The first-order valence-electron chi connectivity index (χ1n) is 7.99. The number of rotatable bonds is 5. The molecule has 3 rings (SSSR count). The first-order valence-corrected chi connectivity index (χ1v) is 7.99. The maximum atomic E-state index is 12.2. The molecule has 1 fully saturated rings. The van der Waals surface area contributed by atoms with E-state index in [9.17, 15) is 4.79 Å². The topological polar surface area (TPSA) is 76.2 Å². The summed E-state index contributed by atoms with van der Waals surface area (Å²) in [4.78, 5) is 14.4. The van der Waals surface area contributed by atoms with Crippen molar-refractivity contribution in [2.75, 3.05) is 18.4 Å². The van der Waals surface area contributed by atoms with E-state index in [1.165, 1.54) is 0 Å². The summed E-state index contributed by atoms with van der Waals surface area (Å²) in [5.41, 5.74) is 2.95. The number of carbonyl (C=O) groups is 1. The highest BCUT2D eigenvalue weighted by atomic mass is 16.5. The fourth-order valence-electron chi connectivity index (χ4n) is 3.15. The van der Waals surface area contributed by atoms with Crippen LogP contribution < -0.4 is 5.32 Å². The van der Waals surface area contributed by atoms with Crippen LogP contribution in [0.25, 0.3) is 0 Å². The maximum Gasteiger partial charge on any atom is 0.240 e. The molecular formula is C16H23N5O2. The molecule has 1 amide bonds. The number of carbonyl (C=O) groups excluding carboxylic acids is 1. The molecule has 23 heavy (non-hydrogen) atoms. The van der Waals surface area contributed by atoms with Gasteiger partial charge in [0.05, 0.1) is 24.5 Å². The van der Waals surface area contributed by atoms with Gasteiger partial charge in [0.2, 0.25) is 11.8 Å². The lowest BCUT2D eigenvalue weighted by Gasteiger charge is -2.24. The molecule has 1 aliphatic rings. The average molecular weight is 317 g/mol. The number of hydrogen-bond acceptors (Lipinski definition) is 5. The Labute approximate surface area is 135 Å². The van der Waals surface area contributed by atoms with Gasteiger partial charge in [0, 0.05) is 17.8 Å². The van der Waals surface area contributed by atoms with Gasteiger partial charge in [0.1, 0.15) is 0 Å². The summed E-state index contributed by atoms with van der Waals surface area (Å²) in [6.07, 6.45) is 2.20. The van der Waals surface area contributed by atoms with Crippen LogP contribution in [0.3, 0.4) is 0 Å². The zero-order chi connectivity index (χ0) is 16.4. The van der Waals surface area contributed by atoms with E-state index in [-0.39, 0.29) is 5.91 Å². The van der Waals surface area contributed by atoms with E-state index < -0.39 is 0 Å². The number of hydrogen-bond donors (Lipinski definition) is 1. The van der Waals surface area contributed by atoms with Gasteiger partial charge >= 0.3 is 0 Å². The molecule has 1 saturated heterocycles. The highest BCUT2D eigenvalue weighted by Crippen LogP contribution is 2.19. The lowest BCUT2D eigenvalue weighted by molar-refractivity contribution is -0.117. The maximum absolute atomic E-state index is 12.2. The quantitative estimate of drug-likeness (QED) is 0.911. The first-order chi connectivity index (χ1) is 11.0. The number of amides is 1. The Hall–Kier alpha value is -2.15. The zero-order valence-electron chi connectivity index (χ0n) is 13.9. The number of aryl methyl sites for hydroxylation is 3. The van der Waals surface area contributed by atoms with E-state index in [1.807, 2.05) is 18.5 Å². The number of nitrogens with one attached hydrogen (secondary N) is 1. The number of nitrogens with zero attached hydrogens (tertiary/aromatic N) is 4. The van der Waals surface area contributed by atoms with E-state index >= 15 is 0 Å². The van der Waals surface area contributed by atoms with Crippen molar-refractivity contribution < 1.29 is 9.32 Å². The van der Waals surface area contributed by atoms with E-state index in [0.29, 0.717) is 18.5 Å². The molecule has 0 saturated carbocycles. The van der Waals surface area contributed by atoms with Crippen LogP contribution in [-0.4, -0.2) is 44.9 Å². The Morgan fingerprint density at radius 3 is 2.83 bits per heavy atom. The minimum atomic E-state index is -0.0681. The van der Waals surface area contributed by atoms with E-state index in [4.69, 9.17) is 4.52 Å². The summed E-state index contributed by atoms with van der Waals surface area (Å²) in [7, 11) is 0. The summed E-state index contributed by atoms with van der Waals surface area (Å²) in [6.45, 7) is 8.02. The summed E-state index contributed by atoms with van der Waals surface area (Å²) in [5, 5.41) is 11.1. The van der Waals surface area contributed by atoms with Gasteiger partial charge < -0.3 is 4.52 Å². The lowest BCUT2D eigenvalue weighted by Crippen LogP contribution is -2.39. The fraction of sp³-hybridized carbons (Fsp3) is 0.562. The monoisotopic (exact) mass is 317 g/mol. The average Bonchev–Trinajstić information content (AvgIpc) is 3.15. The highest BCUT2D eigenvalue weighted by Gasteiger charge is 2.27. The first kappa shape index (κ1) is 15.7. The molecule has 0 aromatic carbocycles. The van der Waals surface area contributed by atoms with E-state index in [2.05, 4.69) is 33.5 Å². The molecule has 1 atom stereocenters. The Morgan fingerprint density at radius 1 is 1.35 bits per heavy atom. The normalized spacial score (nSPS) is 18.5. The molecule has 0 radical (unpaired) electrons. The molecule has 7 nitrogen and oxygen atoms in total. The molecule has 0 aliphatic carbocycles. The Balaban J connectivity index is 1.58. The molecule has 1 aliphatic heterocycles. The number of likely N-dealkylation sites (tertiary alicyclic amines) is 1.